The van der Waals surface area contributed by atoms with Crippen molar-refractivity contribution >= 4 is 63.4 Å². The summed E-state index contributed by atoms with van der Waals surface area (Å²) in [6.45, 7) is 0. The molecule has 0 aliphatic heterocycles. The fraction of sp³-hybridized carbons (Fsp3) is 0. The molecular weight excluding hydrogens is 342 g/mol. The molecule has 0 saturated carbocycles. The van der Waals surface area contributed by atoms with Crippen molar-refractivity contribution in [2.24, 2.45) is 5.73 Å². The topological polar surface area (TPSA) is 38.0 Å². The van der Waals surface area contributed by atoms with Crippen molar-refractivity contribution in [1.82, 2.24) is 0 Å². The fourth-order valence-corrected chi connectivity index (χ4v) is 2.78. The molecule has 0 heterocycles. The average molecular weight is 350 g/mol. The lowest BCUT2D eigenvalue weighted by molar-refractivity contribution is 0.628. The van der Waals surface area contributed by atoms with Crippen molar-refractivity contribution in [3.8, 4) is 0 Å². The quantitative estimate of drug-likeness (QED) is 0.751. The number of nitrogens with one attached hydrogen (secondary N) is 1. The lowest BCUT2D eigenvalue weighted by Gasteiger charge is -2.15. The predicted molar refractivity (Wildman–Crippen MR) is 87.0 cm³/mol. The molecule has 0 aliphatic carbocycles. The second-order valence-corrected chi connectivity index (χ2v) is 5.56. The van der Waals surface area contributed by atoms with Crippen molar-refractivity contribution < 1.29 is 4.39 Å². The molecule has 0 bridgehead atoms. The second-order valence-electron chi connectivity index (χ2n) is 3.90. The van der Waals surface area contributed by atoms with Crippen LogP contribution in [0.3, 0.4) is 0 Å². The fourth-order valence-electron chi connectivity index (χ4n) is 1.68. The smallest absolute Gasteiger partial charge is 0.126 e. The highest BCUT2D eigenvalue weighted by Gasteiger charge is 2.14. The molecular formula is C13H8Cl3FN2S. The first-order valence-corrected chi connectivity index (χ1v) is 6.94. The first-order valence-electron chi connectivity index (χ1n) is 5.40. The van der Waals surface area contributed by atoms with Gasteiger partial charge >= 0.3 is 0 Å². The minimum atomic E-state index is -0.522. The van der Waals surface area contributed by atoms with Gasteiger partial charge in [0.1, 0.15) is 10.8 Å². The predicted octanol–water partition coefficient (Wildman–Crippen LogP) is 5.16. The first-order chi connectivity index (χ1) is 9.40. The Labute approximate surface area is 135 Å². The summed E-state index contributed by atoms with van der Waals surface area (Å²) in [5.74, 6) is -0.522. The normalized spacial score (nSPS) is 10.4. The molecule has 0 aliphatic rings. The summed E-state index contributed by atoms with van der Waals surface area (Å²) < 4.78 is 13.2. The van der Waals surface area contributed by atoms with Crippen LogP contribution in [0.15, 0.2) is 30.3 Å². The summed E-state index contributed by atoms with van der Waals surface area (Å²) in [4.78, 5) is 0.132. The average Bonchev–Trinajstić information content (AvgIpc) is 2.33. The van der Waals surface area contributed by atoms with Crippen LogP contribution in [0.2, 0.25) is 15.1 Å². The van der Waals surface area contributed by atoms with Crippen LogP contribution in [-0.4, -0.2) is 4.99 Å². The number of benzene rings is 2. The van der Waals surface area contributed by atoms with Gasteiger partial charge in [0.05, 0.1) is 32.0 Å². The summed E-state index contributed by atoms with van der Waals surface area (Å²) in [5, 5.41) is 3.66. The monoisotopic (exact) mass is 348 g/mol. The number of anilines is 2. The number of hydrogen-bond donors (Lipinski definition) is 2. The van der Waals surface area contributed by atoms with E-state index in [-0.39, 0.29) is 15.0 Å². The molecule has 2 nitrogen and oxygen atoms in total. The highest BCUT2D eigenvalue weighted by atomic mass is 35.5. The third kappa shape index (κ3) is 3.15. The maximum atomic E-state index is 13.2. The molecule has 0 atom stereocenters. The molecule has 20 heavy (non-hydrogen) atoms. The van der Waals surface area contributed by atoms with Gasteiger partial charge in [-0.15, -0.1) is 0 Å². The van der Waals surface area contributed by atoms with Crippen LogP contribution < -0.4 is 11.1 Å². The maximum absolute atomic E-state index is 13.2. The molecule has 7 heteroatoms. The molecule has 2 aromatic rings. The Balaban J connectivity index is 2.51. The van der Waals surface area contributed by atoms with E-state index in [0.717, 1.165) is 12.1 Å². The van der Waals surface area contributed by atoms with Crippen LogP contribution in [0.4, 0.5) is 15.8 Å². The lowest BCUT2D eigenvalue weighted by Crippen LogP contribution is -2.12. The van der Waals surface area contributed by atoms with E-state index in [1.54, 1.807) is 18.2 Å². The zero-order valence-corrected chi connectivity index (χ0v) is 13.0. The number of rotatable bonds is 3. The van der Waals surface area contributed by atoms with Gasteiger partial charge in [0.15, 0.2) is 0 Å². The van der Waals surface area contributed by atoms with E-state index < -0.39 is 5.82 Å². The minimum Gasteiger partial charge on any atom is -0.389 e. The zero-order chi connectivity index (χ0) is 14.9. The summed E-state index contributed by atoms with van der Waals surface area (Å²) in [7, 11) is 0. The molecule has 0 unspecified atom stereocenters. The molecule has 3 N–H and O–H groups in total. The summed E-state index contributed by atoms with van der Waals surface area (Å²) in [6.07, 6.45) is 0. The van der Waals surface area contributed by atoms with E-state index in [1.807, 2.05) is 0 Å². The molecule has 2 aromatic carbocycles. The Bertz CT molecular complexity index is 668. The summed E-state index contributed by atoms with van der Waals surface area (Å²) in [6, 6.07) is 7.41. The van der Waals surface area contributed by atoms with Crippen LogP contribution in [-0.2, 0) is 0 Å². The van der Waals surface area contributed by atoms with Gasteiger partial charge in [-0.05, 0) is 24.3 Å². The number of nitrogens with two attached hydrogens (primary N) is 1. The SMILES string of the molecule is NC(=S)c1c(Cl)cccc1Nc1c(Cl)cc(F)cc1Cl. The van der Waals surface area contributed by atoms with E-state index in [2.05, 4.69) is 5.32 Å². The molecule has 0 aromatic heterocycles. The van der Waals surface area contributed by atoms with Crippen molar-refractivity contribution in [3.05, 3.63) is 56.8 Å². The molecule has 0 radical (unpaired) electrons. The Kier molecular flexibility index (Phi) is 4.70. The van der Waals surface area contributed by atoms with Crippen molar-refractivity contribution in [1.29, 1.82) is 0 Å². The minimum absolute atomic E-state index is 0.132. The molecule has 104 valence electrons. The molecule has 0 saturated heterocycles. The lowest BCUT2D eigenvalue weighted by atomic mass is 10.1. The van der Waals surface area contributed by atoms with Gasteiger partial charge in [-0.1, -0.05) is 53.1 Å². The van der Waals surface area contributed by atoms with Crippen LogP contribution in [0.25, 0.3) is 0 Å². The van der Waals surface area contributed by atoms with Gasteiger partial charge in [0, 0.05) is 0 Å². The second kappa shape index (κ2) is 6.14. The van der Waals surface area contributed by atoms with E-state index in [1.165, 1.54) is 0 Å². The van der Waals surface area contributed by atoms with Crippen LogP contribution in [0.5, 0.6) is 0 Å². The third-order valence-electron chi connectivity index (χ3n) is 2.53. The van der Waals surface area contributed by atoms with Crippen molar-refractivity contribution in [2.45, 2.75) is 0 Å². The Hall–Kier alpha value is -1.07. The molecule has 0 spiro atoms. The molecule has 0 fully saturated rings. The third-order valence-corrected chi connectivity index (χ3v) is 3.64. The molecule has 2 rings (SSSR count). The van der Waals surface area contributed by atoms with Gasteiger partial charge < -0.3 is 11.1 Å². The maximum Gasteiger partial charge on any atom is 0.126 e. The van der Waals surface area contributed by atoms with E-state index in [4.69, 9.17) is 52.8 Å². The summed E-state index contributed by atoms with van der Waals surface area (Å²) >= 11 is 23.0. The standard InChI is InChI=1S/C13H8Cl3FN2S/c14-7-2-1-3-10(11(7)13(18)20)19-12-8(15)4-6(17)5-9(12)16/h1-5,19H,(H2,18,20). The Morgan fingerprint density at radius 3 is 2.25 bits per heavy atom. The van der Waals surface area contributed by atoms with Crippen LogP contribution in [0.1, 0.15) is 5.56 Å². The van der Waals surface area contributed by atoms with Crippen molar-refractivity contribution in [3.63, 3.8) is 0 Å². The largest absolute Gasteiger partial charge is 0.389 e. The van der Waals surface area contributed by atoms with Gasteiger partial charge in [0.2, 0.25) is 0 Å². The van der Waals surface area contributed by atoms with E-state index in [9.17, 15) is 4.39 Å². The van der Waals surface area contributed by atoms with Crippen LogP contribution >= 0.6 is 47.0 Å². The zero-order valence-electron chi connectivity index (χ0n) is 9.88. The van der Waals surface area contributed by atoms with Gasteiger partial charge in [-0.3, -0.25) is 0 Å². The highest BCUT2D eigenvalue weighted by Crippen LogP contribution is 2.35. The van der Waals surface area contributed by atoms with Gasteiger partial charge in [0.25, 0.3) is 0 Å². The van der Waals surface area contributed by atoms with E-state index in [0.29, 0.717) is 22.0 Å². The number of hydrogen-bond acceptors (Lipinski definition) is 2. The summed E-state index contributed by atoms with van der Waals surface area (Å²) in [5.41, 5.74) is 7.02. The Morgan fingerprint density at radius 1 is 1.10 bits per heavy atom. The Morgan fingerprint density at radius 2 is 1.70 bits per heavy atom. The van der Waals surface area contributed by atoms with Crippen molar-refractivity contribution in [2.75, 3.05) is 5.32 Å². The number of halogens is 4. The molecule has 0 amide bonds. The van der Waals surface area contributed by atoms with E-state index >= 15 is 0 Å². The van der Waals surface area contributed by atoms with Gasteiger partial charge in [-0.2, -0.15) is 0 Å². The van der Waals surface area contributed by atoms with Crippen LogP contribution in [0, 0.1) is 5.82 Å². The van der Waals surface area contributed by atoms with Gasteiger partial charge in [-0.25, -0.2) is 4.39 Å². The number of thiocarbonyl (C=S) groups is 1. The highest BCUT2D eigenvalue weighted by molar-refractivity contribution is 7.80. The first kappa shape index (κ1) is 15.3.